The highest BCUT2D eigenvalue weighted by Gasteiger charge is 2.36. The SMILES string of the molecule is O=C(OCc1ccccc1)c1c[nH]cc1C(F)(F)F. The molecule has 0 aliphatic carbocycles. The monoisotopic (exact) mass is 269 g/mol. The molecule has 1 aromatic carbocycles. The summed E-state index contributed by atoms with van der Waals surface area (Å²) in [7, 11) is 0. The van der Waals surface area contributed by atoms with Crippen LogP contribution in [0.2, 0.25) is 0 Å². The molecule has 3 nitrogen and oxygen atoms in total. The molecule has 0 fully saturated rings. The van der Waals surface area contributed by atoms with Gasteiger partial charge in [-0.1, -0.05) is 30.3 Å². The Labute approximate surface area is 107 Å². The summed E-state index contributed by atoms with van der Waals surface area (Å²) < 4.78 is 42.6. The molecule has 19 heavy (non-hydrogen) atoms. The van der Waals surface area contributed by atoms with Crippen LogP contribution in [-0.2, 0) is 17.5 Å². The maximum Gasteiger partial charge on any atom is 0.418 e. The fourth-order valence-corrected chi connectivity index (χ4v) is 1.57. The Morgan fingerprint density at radius 1 is 1.16 bits per heavy atom. The van der Waals surface area contributed by atoms with Crippen LogP contribution in [0.25, 0.3) is 0 Å². The third-order valence-electron chi connectivity index (χ3n) is 2.48. The van der Waals surface area contributed by atoms with Crippen molar-refractivity contribution in [2.45, 2.75) is 12.8 Å². The molecule has 0 amide bonds. The van der Waals surface area contributed by atoms with Crippen LogP contribution < -0.4 is 0 Å². The number of H-pyrrole nitrogens is 1. The Kier molecular flexibility index (Phi) is 3.59. The average Bonchev–Trinajstić information content (AvgIpc) is 2.86. The molecule has 0 spiro atoms. The zero-order valence-corrected chi connectivity index (χ0v) is 9.70. The molecule has 0 saturated carbocycles. The van der Waals surface area contributed by atoms with E-state index in [4.69, 9.17) is 4.74 Å². The number of benzene rings is 1. The summed E-state index contributed by atoms with van der Waals surface area (Å²) in [5.41, 5.74) is -0.825. The van der Waals surface area contributed by atoms with Gasteiger partial charge in [-0.3, -0.25) is 0 Å². The van der Waals surface area contributed by atoms with Crippen LogP contribution in [0.15, 0.2) is 42.7 Å². The molecule has 0 atom stereocenters. The largest absolute Gasteiger partial charge is 0.457 e. The van der Waals surface area contributed by atoms with E-state index in [1.807, 2.05) is 0 Å². The van der Waals surface area contributed by atoms with Crippen LogP contribution in [0, 0.1) is 0 Å². The number of nitrogens with one attached hydrogen (secondary N) is 1. The number of hydrogen-bond donors (Lipinski definition) is 1. The fourth-order valence-electron chi connectivity index (χ4n) is 1.57. The molecule has 2 rings (SSSR count). The molecule has 1 N–H and O–H groups in total. The van der Waals surface area contributed by atoms with Gasteiger partial charge in [-0.15, -0.1) is 0 Å². The van der Waals surface area contributed by atoms with Gasteiger partial charge in [-0.2, -0.15) is 13.2 Å². The minimum Gasteiger partial charge on any atom is -0.457 e. The Morgan fingerprint density at radius 3 is 2.47 bits per heavy atom. The van der Waals surface area contributed by atoms with Gasteiger partial charge in [0.1, 0.15) is 6.61 Å². The van der Waals surface area contributed by atoms with Crippen LogP contribution in [0.5, 0.6) is 0 Å². The molecule has 0 aliphatic heterocycles. The van der Waals surface area contributed by atoms with Gasteiger partial charge in [0.25, 0.3) is 0 Å². The fraction of sp³-hybridized carbons (Fsp3) is 0.154. The molecule has 100 valence electrons. The van der Waals surface area contributed by atoms with Crippen molar-refractivity contribution in [3.05, 3.63) is 59.4 Å². The van der Waals surface area contributed by atoms with Crippen molar-refractivity contribution in [2.75, 3.05) is 0 Å². The first-order valence-electron chi connectivity index (χ1n) is 5.43. The van der Waals surface area contributed by atoms with Gasteiger partial charge < -0.3 is 9.72 Å². The van der Waals surface area contributed by atoms with Crippen molar-refractivity contribution in [2.24, 2.45) is 0 Å². The predicted octanol–water partition coefficient (Wildman–Crippen LogP) is 3.39. The second kappa shape index (κ2) is 5.17. The second-order valence-electron chi connectivity index (χ2n) is 3.84. The van der Waals surface area contributed by atoms with Crippen LogP contribution >= 0.6 is 0 Å². The summed E-state index contributed by atoms with van der Waals surface area (Å²) in [6, 6.07) is 8.73. The van der Waals surface area contributed by atoms with E-state index in [0.29, 0.717) is 5.56 Å². The molecule has 2 aromatic rings. The summed E-state index contributed by atoms with van der Waals surface area (Å²) in [6.07, 6.45) is -2.86. The van der Waals surface area contributed by atoms with Crippen LogP contribution in [0.1, 0.15) is 21.5 Å². The van der Waals surface area contributed by atoms with E-state index in [-0.39, 0.29) is 6.61 Å². The Balaban J connectivity index is 2.07. The lowest BCUT2D eigenvalue weighted by molar-refractivity contribution is -0.138. The van der Waals surface area contributed by atoms with E-state index in [2.05, 4.69) is 4.98 Å². The maximum absolute atomic E-state index is 12.6. The number of rotatable bonds is 3. The molecular weight excluding hydrogens is 259 g/mol. The zero-order chi connectivity index (χ0) is 13.9. The lowest BCUT2D eigenvalue weighted by Crippen LogP contribution is -2.12. The number of alkyl halides is 3. The predicted molar refractivity (Wildman–Crippen MR) is 61.4 cm³/mol. The number of hydrogen-bond acceptors (Lipinski definition) is 2. The van der Waals surface area contributed by atoms with Gasteiger partial charge in [-0.25, -0.2) is 4.79 Å². The number of aromatic nitrogens is 1. The average molecular weight is 269 g/mol. The third kappa shape index (κ3) is 3.15. The Bertz CT molecular complexity index is 561. The molecule has 0 radical (unpaired) electrons. The number of esters is 1. The summed E-state index contributed by atoms with van der Waals surface area (Å²) in [4.78, 5) is 13.9. The van der Waals surface area contributed by atoms with Gasteiger partial charge in [0.05, 0.1) is 11.1 Å². The van der Waals surface area contributed by atoms with Crippen LogP contribution in [-0.4, -0.2) is 11.0 Å². The van der Waals surface area contributed by atoms with Gasteiger partial charge in [0.2, 0.25) is 0 Å². The van der Waals surface area contributed by atoms with Gasteiger partial charge >= 0.3 is 12.1 Å². The topological polar surface area (TPSA) is 42.1 Å². The van der Waals surface area contributed by atoms with Crippen molar-refractivity contribution in [3.63, 3.8) is 0 Å². The van der Waals surface area contributed by atoms with E-state index < -0.39 is 23.3 Å². The lowest BCUT2D eigenvalue weighted by atomic mass is 10.2. The molecule has 0 unspecified atom stereocenters. The number of carbonyl (C=O) groups is 1. The number of carbonyl (C=O) groups excluding carboxylic acids is 1. The molecule has 0 aliphatic rings. The van der Waals surface area contributed by atoms with E-state index in [1.54, 1.807) is 30.3 Å². The molecule has 6 heteroatoms. The minimum absolute atomic E-state index is 0.0673. The van der Waals surface area contributed by atoms with E-state index in [0.717, 1.165) is 12.4 Å². The van der Waals surface area contributed by atoms with E-state index in [9.17, 15) is 18.0 Å². The quantitative estimate of drug-likeness (QED) is 0.868. The smallest absolute Gasteiger partial charge is 0.418 e. The molecule has 0 bridgehead atoms. The maximum atomic E-state index is 12.6. The first kappa shape index (κ1) is 13.2. The van der Waals surface area contributed by atoms with Crippen LogP contribution in [0.4, 0.5) is 13.2 Å². The first-order valence-corrected chi connectivity index (χ1v) is 5.43. The highest BCUT2D eigenvalue weighted by atomic mass is 19.4. The normalized spacial score (nSPS) is 11.3. The van der Waals surface area contributed by atoms with Gasteiger partial charge in [0.15, 0.2) is 0 Å². The Hall–Kier alpha value is -2.24. The number of aromatic amines is 1. The summed E-state index contributed by atoms with van der Waals surface area (Å²) >= 11 is 0. The van der Waals surface area contributed by atoms with Crippen molar-refractivity contribution in [1.82, 2.24) is 4.98 Å². The summed E-state index contributed by atoms with van der Waals surface area (Å²) in [6.45, 7) is -0.0673. The lowest BCUT2D eigenvalue weighted by Gasteiger charge is -2.08. The summed E-state index contributed by atoms with van der Waals surface area (Å²) in [5.74, 6) is -1.00. The standard InChI is InChI=1S/C13H10F3NO2/c14-13(15,16)11-7-17-6-10(11)12(18)19-8-9-4-2-1-3-5-9/h1-7,17H,8H2. The molecule has 0 saturated heterocycles. The molecule has 1 heterocycles. The highest BCUT2D eigenvalue weighted by molar-refractivity contribution is 5.91. The van der Waals surface area contributed by atoms with E-state index >= 15 is 0 Å². The van der Waals surface area contributed by atoms with Crippen molar-refractivity contribution >= 4 is 5.97 Å². The van der Waals surface area contributed by atoms with Crippen molar-refractivity contribution < 1.29 is 22.7 Å². The van der Waals surface area contributed by atoms with Crippen molar-refractivity contribution in [1.29, 1.82) is 0 Å². The highest BCUT2D eigenvalue weighted by Crippen LogP contribution is 2.32. The van der Waals surface area contributed by atoms with Gasteiger partial charge in [0, 0.05) is 12.4 Å². The zero-order valence-electron chi connectivity index (χ0n) is 9.70. The molecule has 1 aromatic heterocycles. The second-order valence-corrected chi connectivity index (χ2v) is 3.84. The van der Waals surface area contributed by atoms with Gasteiger partial charge in [-0.05, 0) is 5.56 Å². The first-order chi connectivity index (χ1) is 8.98. The minimum atomic E-state index is -4.58. The summed E-state index contributed by atoms with van der Waals surface area (Å²) in [5, 5.41) is 0. The Morgan fingerprint density at radius 2 is 1.84 bits per heavy atom. The third-order valence-corrected chi connectivity index (χ3v) is 2.48. The number of halogens is 3. The molecular formula is C13H10F3NO2. The van der Waals surface area contributed by atoms with Crippen molar-refractivity contribution in [3.8, 4) is 0 Å². The number of ether oxygens (including phenoxy) is 1. The van der Waals surface area contributed by atoms with Crippen LogP contribution in [0.3, 0.4) is 0 Å². The van der Waals surface area contributed by atoms with E-state index in [1.165, 1.54) is 0 Å².